The zero-order chi connectivity index (χ0) is 16.2. The van der Waals surface area contributed by atoms with E-state index in [2.05, 4.69) is 15.2 Å². The number of H-pyrrole nitrogens is 1. The first-order chi connectivity index (χ1) is 11.1. The summed E-state index contributed by atoms with van der Waals surface area (Å²) in [6.07, 6.45) is 1.79. The van der Waals surface area contributed by atoms with E-state index < -0.39 is 5.97 Å². The highest BCUT2D eigenvalue weighted by molar-refractivity contribution is 7.98. The lowest BCUT2D eigenvalue weighted by molar-refractivity contribution is 0.0661. The molecule has 0 spiro atoms. The van der Waals surface area contributed by atoms with Crippen LogP contribution >= 0.6 is 11.8 Å². The van der Waals surface area contributed by atoms with Crippen molar-refractivity contribution in [3.05, 3.63) is 63.9 Å². The van der Waals surface area contributed by atoms with Crippen LogP contribution in [0.2, 0.25) is 0 Å². The Balaban J connectivity index is 1.65. The van der Waals surface area contributed by atoms with Crippen molar-refractivity contribution in [1.82, 2.24) is 15.2 Å². The molecule has 0 aliphatic carbocycles. The van der Waals surface area contributed by atoms with Gasteiger partial charge in [0.25, 0.3) is 5.56 Å². The molecule has 2 N–H and O–H groups in total. The average molecular weight is 333 g/mol. The van der Waals surface area contributed by atoms with Crippen LogP contribution < -0.4 is 5.56 Å². The first-order valence-corrected chi connectivity index (χ1v) is 7.53. The number of hydrogen-bond acceptors (Lipinski definition) is 7. The zero-order valence-corrected chi connectivity index (χ0v) is 12.5. The van der Waals surface area contributed by atoms with Crippen molar-refractivity contribution in [3.63, 3.8) is 0 Å². The molecule has 0 radical (unpaired) electrons. The lowest BCUT2D eigenvalue weighted by atomic mass is 10.3. The summed E-state index contributed by atoms with van der Waals surface area (Å²) < 4.78 is 10.3. The van der Waals surface area contributed by atoms with Crippen LogP contribution in [0.25, 0.3) is 0 Å². The molecule has 3 rings (SSSR count). The summed E-state index contributed by atoms with van der Waals surface area (Å²) in [5.41, 5.74) is -0.0833. The Morgan fingerprint density at radius 1 is 1.26 bits per heavy atom. The topological polar surface area (TPSA) is 122 Å². The van der Waals surface area contributed by atoms with Crippen LogP contribution in [0.4, 0.5) is 0 Å². The highest BCUT2D eigenvalue weighted by Crippen LogP contribution is 2.19. The molecule has 9 heteroatoms. The van der Waals surface area contributed by atoms with E-state index in [1.165, 1.54) is 24.1 Å². The largest absolute Gasteiger partial charge is 0.475 e. The number of nitrogens with one attached hydrogen (secondary N) is 1. The quantitative estimate of drug-likeness (QED) is 0.656. The van der Waals surface area contributed by atoms with E-state index in [0.29, 0.717) is 22.4 Å². The number of carbonyl (C=O) groups is 1. The average Bonchev–Trinajstić information content (AvgIpc) is 3.19. The van der Waals surface area contributed by atoms with Crippen LogP contribution in [0.3, 0.4) is 0 Å². The summed E-state index contributed by atoms with van der Waals surface area (Å²) in [5, 5.41) is 16.9. The summed E-state index contributed by atoms with van der Waals surface area (Å²) in [5.74, 6) is 0.164. The van der Waals surface area contributed by atoms with Gasteiger partial charge in [0, 0.05) is 0 Å². The molecule has 0 saturated carbocycles. The summed E-state index contributed by atoms with van der Waals surface area (Å²) in [6, 6.07) is 6.42. The van der Waals surface area contributed by atoms with Crippen LogP contribution in [0.15, 0.2) is 49.3 Å². The molecule has 0 unspecified atom stereocenters. The van der Waals surface area contributed by atoms with Gasteiger partial charge in [0.1, 0.15) is 17.2 Å². The summed E-state index contributed by atoms with van der Waals surface area (Å²) in [4.78, 5) is 25.3. The smallest absolute Gasteiger partial charge is 0.371 e. The van der Waals surface area contributed by atoms with Crippen molar-refractivity contribution in [2.24, 2.45) is 0 Å². The third kappa shape index (κ3) is 3.69. The maximum Gasteiger partial charge on any atom is 0.371 e. The maximum absolute atomic E-state index is 12.0. The molecular weight excluding hydrogens is 322 g/mol. The Bertz CT molecular complexity index is 869. The Hall–Kier alpha value is -2.81. The standard InChI is InChI=1S/C14H11N3O5S/c18-12-10(6-8-2-1-5-21-8)16-17-14(15-12)23-7-9-3-4-11(22-9)13(19)20/h1-5H,6-7H2,(H,19,20)(H,15,17,18). The molecule has 0 aliphatic rings. The molecule has 23 heavy (non-hydrogen) atoms. The lowest BCUT2D eigenvalue weighted by Crippen LogP contribution is -2.17. The van der Waals surface area contributed by atoms with E-state index in [1.54, 1.807) is 18.2 Å². The first kappa shape index (κ1) is 15.1. The monoisotopic (exact) mass is 333 g/mol. The minimum Gasteiger partial charge on any atom is -0.475 e. The van der Waals surface area contributed by atoms with Gasteiger partial charge in [0.05, 0.1) is 18.4 Å². The van der Waals surface area contributed by atoms with Crippen molar-refractivity contribution < 1.29 is 18.7 Å². The lowest BCUT2D eigenvalue weighted by Gasteiger charge is -2.00. The molecule has 8 nitrogen and oxygen atoms in total. The van der Waals surface area contributed by atoms with Gasteiger partial charge in [-0.1, -0.05) is 11.8 Å². The highest BCUT2D eigenvalue weighted by Gasteiger charge is 2.11. The number of nitrogens with zero attached hydrogens (tertiary/aromatic N) is 2. The maximum atomic E-state index is 12.0. The molecule has 0 fully saturated rings. The number of hydrogen-bond donors (Lipinski definition) is 2. The molecule has 0 aromatic carbocycles. The fourth-order valence-electron chi connectivity index (χ4n) is 1.81. The number of carboxylic acids is 1. The van der Waals surface area contributed by atoms with Gasteiger partial charge in [0.15, 0.2) is 5.16 Å². The number of thioether (sulfide) groups is 1. The predicted octanol–water partition coefficient (Wildman–Crippen LogP) is 1.93. The van der Waals surface area contributed by atoms with E-state index >= 15 is 0 Å². The van der Waals surface area contributed by atoms with E-state index in [1.807, 2.05) is 0 Å². The van der Waals surface area contributed by atoms with Gasteiger partial charge >= 0.3 is 5.97 Å². The minimum atomic E-state index is -1.13. The van der Waals surface area contributed by atoms with Crippen molar-refractivity contribution in [2.75, 3.05) is 0 Å². The van der Waals surface area contributed by atoms with Crippen LogP contribution in [0, 0.1) is 0 Å². The van der Waals surface area contributed by atoms with Crippen molar-refractivity contribution >= 4 is 17.7 Å². The minimum absolute atomic E-state index is 0.131. The molecule has 0 saturated heterocycles. The first-order valence-electron chi connectivity index (χ1n) is 6.55. The van der Waals surface area contributed by atoms with Crippen molar-refractivity contribution in [3.8, 4) is 0 Å². The molecule has 0 aliphatic heterocycles. The SMILES string of the molecule is O=C(O)c1ccc(CSc2nnc(Cc3ccco3)c(=O)[nH]2)o1. The molecule has 0 atom stereocenters. The number of rotatable bonds is 6. The second-order valence-electron chi connectivity index (χ2n) is 4.52. The second-order valence-corrected chi connectivity index (χ2v) is 5.49. The van der Waals surface area contributed by atoms with Gasteiger partial charge in [-0.05, 0) is 24.3 Å². The van der Waals surface area contributed by atoms with Gasteiger partial charge < -0.3 is 13.9 Å². The van der Waals surface area contributed by atoms with Crippen molar-refractivity contribution in [1.29, 1.82) is 0 Å². The molecule has 3 heterocycles. The van der Waals surface area contributed by atoms with Crippen molar-refractivity contribution in [2.45, 2.75) is 17.3 Å². The Kier molecular flexibility index (Phi) is 4.29. The third-order valence-electron chi connectivity index (χ3n) is 2.89. The van der Waals surface area contributed by atoms with Gasteiger partial charge in [-0.25, -0.2) is 4.79 Å². The van der Waals surface area contributed by atoms with Crippen LogP contribution in [0.5, 0.6) is 0 Å². The number of carboxylic acid groups (broad SMARTS) is 1. The normalized spacial score (nSPS) is 10.8. The summed E-state index contributed by atoms with van der Waals surface area (Å²) in [6.45, 7) is 0. The molecular formula is C14H11N3O5S. The third-order valence-corrected chi connectivity index (χ3v) is 3.78. The fraction of sp³-hybridized carbons (Fsp3) is 0.143. The van der Waals surface area contributed by atoms with Gasteiger partial charge in [-0.2, -0.15) is 0 Å². The van der Waals surface area contributed by atoms with Gasteiger partial charge in [-0.3, -0.25) is 9.78 Å². The van der Waals surface area contributed by atoms with E-state index in [0.717, 1.165) is 0 Å². The molecule has 3 aromatic rings. The van der Waals surface area contributed by atoms with Crippen LogP contribution in [-0.2, 0) is 12.2 Å². The predicted molar refractivity (Wildman–Crippen MR) is 79.4 cm³/mol. The highest BCUT2D eigenvalue weighted by atomic mass is 32.2. The molecule has 0 bridgehead atoms. The Labute approximate surface area is 133 Å². The van der Waals surface area contributed by atoms with Crippen LogP contribution in [-0.4, -0.2) is 26.3 Å². The molecule has 3 aromatic heterocycles. The fourth-order valence-corrected chi connectivity index (χ4v) is 2.51. The number of aromatic nitrogens is 3. The van der Waals surface area contributed by atoms with Crippen LogP contribution in [0.1, 0.15) is 27.8 Å². The molecule has 0 amide bonds. The molecule has 118 valence electrons. The van der Waals surface area contributed by atoms with Gasteiger partial charge in [-0.15, -0.1) is 10.2 Å². The summed E-state index contributed by atoms with van der Waals surface area (Å²) in [7, 11) is 0. The summed E-state index contributed by atoms with van der Waals surface area (Å²) >= 11 is 1.19. The number of furan rings is 2. The second kappa shape index (κ2) is 6.53. The van der Waals surface area contributed by atoms with E-state index in [9.17, 15) is 9.59 Å². The van der Waals surface area contributed by atoms with E-state index in [4.69, 9.17) is 13.9 Å². The van der Waals surface area contributed by atoms with E-state index in [-0.39, 0.29) is 23.4 Å². The number of aromatic carboxylic acids is 1. The van der Waals surface area contributed by atoms with Gasteiger partial charge in [0.2, 0.25) is 5.76 Å². The number of aromatic amines is 1. The Morgan fingerprint density at radius 2 is 2.13 bits per heavy atom. The zero-order valence-electron chi connectivity index (χ0n) is 11.7. The Morgan fingerprint density at radius 3 is 2.78 bits per heavy atom.